The lowest BCUT2D eigenvalue weighted by atomic mass is 9.86. The van der Waals surface area contributed by atoms with Crippen molar-refractivity contribution in [2.24, 2.45) is 0 Å². The van der Waals surface area contributed by atoms with Gasteiger partial charge in [0, 0.05) is 30.6 Å². The minimum Gasteiger partial charge on any atom is -0.497 e. The molecule has 0 spiro atoms. The summed E-state index contributed by atoms with van der Waals surface area (Å²) in [5.41, 5.74) is 3.62. The quantitative estimate of drug-likeness (QED) is 0.889. The number of aliphatic hydroxyl groups excluding tert-OH is 1. The Hall–Kier alpha value is -2.04. The zero-order valence-corrected chi connectivity index (χ0v) is 13.6. The fourth-order valence-electron chi connectivity index (χ4n) is 3.14. The van der Waals surface area contributed by atoms with E-state index in [0.717, 1.165) is 23.5 Å². The summed E-state index contributed by atoms with van der Waals surface area (Å²) in [4.78, 5) is 0. The third kappa shape index (κ3) is 3.49. The van der Waals surface area contributed by atoms with Gasteiger partial charge in [-0.05, 0) is 23.6 Å². The summed E-state index contributed by atoms with van der Waals surface area (Å²) in [6.45, 7) is 0.650. The van der Waals surface area contributed by atoms with Crippen LogP contribution in [0.5, 0.6) is 11.5 Å². The van der Waals surface area contributed by atoms with Crippen molar-refractivity contribution >= 4 is 0 Å². The molecule has 2 aromatic rings. The van der Waals surface area contributed by atoms with Gasteiger partial charge in [0.05, 0.1) is 20.3 Å². The molecule has 2 unspecified atom stereocenters. The number of rotatable bonds is 5. The average Bonchev–Trinajstić information content (AvgIpc) is 2.59. The molecule has 2 atom stereocenters. The van der Waals surface area contributed by atoms with Crippen molar-refractivity contribution in [2.45, 2.75) is 31.5 Å². The number of methoxy groups -OCH3 is 2. The van der Waals surface area contributed by atoms with Crippen LogP contribution in [-0.4, -0.2) is 31.5 Å². The van der Waals surface area contributed by atoms with E-state index in [0.29, 0.717) is 13.0 Å². The fourth-order valence-corrected chi connectivity index (χ4v) is 3.14. The Kier molecular flexibility index (Phi) is 4.84. The number of hydrogen-bond acceptors (Lipinski definition) is 4. The lowest BCUT2D eigenvalue weighted by Crippen LogP contribution is -2.45. The third-order valence-corrected chi connectivity index (χ3v) is 4.50. The molecule has 4 heteroatoms. The molecule has 122 valence electrons. The van der Waals surface area contributed by atoms with Gasteiger partial charge in [0.15, 0.2) is 0 Å². The molecule has 0 aromatic heterocycles. The zero-order chi connectivity index (χ0) is 16.2. The van der Waals surface area contributed by atoms with Gasteiger partial charge in [-0.2, -0.15) is 0 Å². The predicted molar refractivity (Wildman–Crippen MR) is 90.0 cm³/mol. The SMILES string of the molecule is COc1ccc(CNC2Cc3ccccc3CC2O)c(OC)c1. The maximum absolute atomic E-state index is 10.4. The fraction of sp³-hybridized carbons (Fsp3) is 0.368. The van der Waals surface area contributed by atoms with Gasteiger partial charge in [-0.3, -0.25) is 0 Å². The highest BCUT2D eigenvalue weighted by atomic mass is 16.5. The van der Waals surface area contributed by atoms with Crippen molar-refractivity contribution in [3.63, 3.8) is 0 Å². The molecule has 3 rings (SSSR count). The first-order valence-corrected chi connectivity index (χ1v) is 7.90. The Balaban J connectivity index is 1.69. The first kappa shape index (κ1) is 15.8. The van der Waals surface area contributed by atoms with Gasteiger partial charge < -0.3 is 19.9 Å². The number of fused-ring (bicyclic) bond motifs is 1. The molecule has 23 heavy (non-hydrogen) atoms. The van der Waals surface area contributed by atoms with Gasteiger partial charge in [0.25, 0.3) is 0 Å². The molecule has 0 fully saturated rings. The monoisotopic (exact) mass is 313 g/mol. The van der Waals surface area contributed by atoms with Gasteiger partial charge in [0.2, 0.25) is 0 Å². The van der Waals surface area contributed by atoms with Gasteiger partial charge in [-0.15, -0.1) is 0 Å². The molecule has 0 radical (unpaired) electrons. The molecule has 0 saturated carbocycles. The predicted octanol–water partition coefficient (Wildman–Crippen LogP) is 2.32. The van der Waals surface area contributed by atoms with Crippen LogP contribution in [0.3, 0.4) is 0 Å². The van der Waals surface area contributed by atoms with Crippen molar-refractivity contribution in [2.75, 3.05) is 14.2 Å². The number of ether oxygens (including phenoxy) is 2. The molecule has 0 amide bonds. The lowest BCUT2D eigenvalue weighted by Gasteiger charge is -2.30. The second-order valence-corrected chi connectivity index (χ2v) is 5.91. The summed E-state index contributed by atoms with van der Waals surface area (Å²) in [7, 11) is 3.30. The highest BCUT2D eigenvalue weighted by molar-refractivity contribution is 5.41. The molecule has 1 aliphatic carbocycles. The largest absolute Gasteiger partial charge is 0.497 e. The van der Waals surface area contributed by atoms with Crippen molar-refractivity contribution in [3.05, 3.63) is 59.2 Å². The van der Waals surface area contributed by atoms with Crippen LogP contribution in [0.4, 0.5) is 0 Å². The third-order valence-electron chi connectivity index (χ3n) is 4.50. The second kappa shape index (κ2) is 7.02. The van der Waals surface area contributed by atoms with E-state index < -0.39 is 0 Å². The van der Waals surface area contributed by atoms with E-state index in [4.69, 9.17) is 9.47 Å². The van der Waals surface area contributed by atoms with E-state index in [1.54, 1.807) is 14.2 Å². The molecule has 2 aromatic carbocycles. The number of aliphatic hydroxyl groups is 1. The topological polar surface area (TPSA) is 50.7 Å². The molecule has 0 aliphatic heterocycles. The van der Waals surface area contributed by atoms with Crippen LogP contribution in [0.25, 0.3) is 0 Å². The Bertz CT molecular complexity index is 671. The Labute approximate surface area is 137 Å². The van der Waals surface area contributed by atoms with Crippen LogP contribution in [-0.2, 0) is 19.4 Å². The summed E-state index contributed by atoms with van der Waals surface area (Å²) in [5, 5.41) is 13.9. The van der Waals surface area contributed by atoms with E-state index in [-0.39, 0.29) is 12.1 Å². The molecule has 1 aliphatic rings. The highest BCUT2D eigenvalue weighted by Crippen LogP contribution is 2.26. The van der Waals surface area contributed by atoms with E-state index >= 15 is 0 Å². The molecular formula is C19H23NO3. The van der Waals surface area contributed by atoms with Crippen LogP contribution in [0.2, 0.25) is 0 Å². The second-order valence-electron chi connectivity index (χ2n) is 5.91. The van der Waals surface area contributed by atoms with Gasteiger partial charge in [-0.25, -0.2) is 0 Å². The maximum atomic E-state index is 10.4. The van der Waals surface area contributed by atoms with Gasteiger partial charge in [0.1, 0.15) is 11.5 Å². The Morgan fingerprint density at radius 1 is 1.04 bits per heavy atom. The minimum absolute atomic E-state index is 0.0525. The molecule has 0 heterocycles. The maximum Gasteiger partial charge on any atom is 0.127 e. The normalized spacial score (nSPS) is 20.0. The molecular weight excluding hydrogens is 290 g/mol. The minimum atomic E-state index is -0.367. The summed E-state index contributed by atoms with van der Waals surface area (Å²) in [6.07, 6.45) is 1.18. The van der Waals surface area contributed by atoms with E-state index in [1.165, 1.54) is 11.1 Å². The number of benzene rings is 2. The summed E-state index contributed by atoms with van der Waals surface area (Å²) < 4.78 is 10.7. The number of hydrogen-bond donors (Lipinski definition) is 2. The van der Waals surface area contributed by atoms with E-state index in [2.05, 4.69) is 23.5 Å². The van der Waals surface area contributed by atoms with Crippen LogP contribution in [0, 0.1) is 0 Å². The highest BCUT2D eigenvalue weighted by Gasteiger charge is 2.26. The van der Waals surface area contributed by atoms with Crippen LogP contribution < -0.4 is 14.8 Å². The van der Waals surface area contributed by atoms with Gasteiger partial charge in [-0.1, -0.05) is 30.3 Å². The van der Waals surface area contributed by atoms with Crippen molar-refractivity contribution in [1.29, 1.82) is 0 Å². The van der Waals surface area contributed by atoms with Crippen LogP contribution in [0.15, 0.2) is 42.5 Å². The number of nitrogens with one attached hydrogen (secondary N) is 1. The molecule has 2 N–H and O–H groups in total. The Morgan fingerprint density at radius 3 is 2.48 bits per heavy atom. The summed E-state index contributed by atoms with van der Waals surface area (Å²) in [5.74, 6) is 1.57. The van der Waals surface area contributed by atoms with E-state index in [9.17, 15) is 5.11 Å². The lowest BCUT2D eigenvalue weighted by molar-refractivity contribution is 0.118. The van der Waals surface area contributed by atoms with Crippen LogP contribution >= 0.6 is 0 Å². The molecule has 4 nitrogen and oxygen atoms in total. The smallest absolute Gasteiger partial charge is 0.127 e. The average molecular weight is 313 g/mol. The first-order valence-electron chi connectivity index (χ1n) is 7.90. The first-order chi connectivity index (χ1) is 11.2. The zero-order valence-electron chi connectivity index (χ0n) is 13.6. The summed E-state index contributed by atoms with van der Waals surface area (Å²) >= 11 is 0. The van der Waals surface area contributed by atoms with E-state index in [1.807, 2.05) is 24.3 Å². The standard InChI is InChI=1S/C19H23NO3/c1-22-16-8-7-15(19(11-16)23-2)12-20-17-9-13-5-3-4-6-14(13)10-18(17)21/h3-8,11,17-18,20-21H,9-10,12H2,1-2H3. The Morgan fingerprint density at radius 2 is 1.78 bits per heavy atom. The van der Waals surface area contributed by atoms with Crippen molar-refractivity contribution < 1.29 is 14.6 Å². The van der Waals surface area contributed by atoms with Crippen molar-refractivity contribution in [1.82, 2.24) is 5.32 Å². The van der Waals surface area contributed by atoms with Crippen LogP contribution in [0.1, 0.15) is 16.7 Å². The summed E-state index contributed by atoms with van der Waals surface area (Å²) in [6, 6.07) is 14.2. The molecule has 0 saturated heterocycles. The van der Waals surface area contributed by atoms with Crippen molar-refractivity contribution in [3.8, 4) is 11.5 Å². The van der Waals surface area contributed by atoms with Gasteiger partial charge >= 0.3 is 0 Å². The molecule has 0 bridgehead atoms.